The van der Waals surface area contributed by atoms with E-state index in [9.17, 15) is 4.79 Å². The molecule has 1 aromatic carbocycles. The second-order valence-corrected chi connectivity index (χ2v) is 5.43. The Kier molecular flexibility index (Phi) is 4.40. The van der Waals surface area contributed by atoms with Gasteiger partial charge in [0.15, 0.2) is 0 Å². The van der Waals surface area contributed by atoms with E-state index in [4.69, 9.17) is 0 Å². The summed E-state index contributed by atoms with van der Waals surface area (Å²) in [5.41, 5.74) is 2.31. The summed E-state index contributed by atoms with van der Waals surface area (Å²) in [6.07, 6.45) is 6.61. The third-order valence-electron chi connectivity index (χ3n) is 4.10. The molecule has 18 heavy (non-hydrogen) atoms. The quantitative estimate of drug-likeness (QED) is 0.843. The van der Waals surface area contributed by atoms with Crippen LogP contribution in [0.2, 0.25) is 0 Å². The lowest BCUT2D eigenvalue weighted by Gasteiger charge is -2.28. The Labute approximate surface area is 110 Å². The SMILES string of the molecule is CCC1CCC(c2cccc(NC(C)=O)c2)CC1. The Morgan fingerprint density at radius 3 is 2.61 bits per heavy atom. The number of rotatable bonds is 3. The largest absolute Gasteiger partial charge is 0.326 e. The molecule has 98 valence electrons. The number of hydrogen-bond acceptors (Lipinski definition) is 1. The molecular formula is C16H23NO. The second kappa shape index (κ2) is 6.03. The zero-order valence-electron chi connectivity index (χ0n) is 11.4. The molecule has 1 amide bonds. The molecule has 2 heteroatoms. The van der Waals surface area contributed by atoms with Gasteiger partial charge in [0, 0.05) is 12.6 Å². The normalized spacial score (nSPS) is 23.7. The number of amides is 1. The minimum absolute atomic E-state index is 0.00170. The first-order chi connectivity index (χ1) is 8.69. The maximum atomic E-state index is 11.1. The van der Waals surface area contributed by atoms with Gasteiger partial charge < -0.3 is 5.32 Å². The van der Waals surface area contributed by atoms with Crippen molar-refractivity contribution in [2.24, 2.45) is 5.92 Å². The summed E-state index contributed by atoms with van der Waals surface area (Å²) in [4.78, 5) is 11.1. The summed E-state index contributed by atoms with van der Waals surface area (Å²) >= 11 is 0. The molecular weight excluding hydrogens is 222 g/mol. The predicted molar refractivity (Wildman–Crippen MR) is 75.7 cm³/mol. The first kappa shape index (κ1) is 13.1. The van der Waals surface area contributed by atoms with Crippen LogP contribution in [0.15, 0.2) is 24.3 Å². The standard InChI is InChI=1S/C16H23NO/c1-3-13-7-9-14(10-8-13)15-5-4-6-16(11-15)17-12(2)18/h4-6,11,13-14H,3,7-10H2,1-2H3,(H,17,18). The average Bonchev–Trinajstić information content (AvgIpc) is 2.38. The molecule has 2 nitrogen and oxygen atoms in total. The topological polar surface area (TPSA) is 29.1 Å². The number of nitrogens with one attached hydrogen (secondary N) is 1. The van der Waals surface area contributed by atoms with Gasteiger partial charge in [-0.05, 0) is 55.2 Å². The highest BCUT2D eigenvalue weighted by Gasteiger charge is 2.21. The summed E-state index contributed by atoms with van der Waals surface area (Å²) in [6, 6.07) is 8.34. The molecule has 1 fully saturated rings. The maximum Gasteiger partial charge on any atom is 0.221 e. The van der Waals surface area contributed by atoms with Crippen LogP contribution in [0, 0.1) is 5.92 Å². The third kappa shape index (κ3) is 3.34. The molecule has 2 rings (SSSR count). The number of carbonyl (C=O) groups is 1. The molecule has 0 aliphatic heterocycles. The van der Waals surface area contributed by atoms with Crippen molar-refractivity contribution >= 4 is 11.6 Å². The lowest BCUT2D eigenvalue weighted by Crippen LogP contribution is -2.13. The lowest BCUT2D eigenvalue weighted by molar-refractivity contribution is -0.114. The molecule has 0 unspecified atom stereocenters. The van der Waals surface area contributed by atoms with Gasteiger partial charge in [-0.25, -0.2) is 0 Å². The monoisotopic (exact) mass is 245 g/mol. The first-order valence-corrected chi connectivity index (χ1v) is 7.06. The van der Waals surface area contributed by atoms with Gasteiger partial charge in [-0.15, -0.1) is 0 Å². The van der Waals surface area contributed by atoms with Gasteiger partial charge in [0.1, 0.15) is 0 Å². The van der Waals surface area contributed by atoms with Crippen molar-refractivity contribution in [3.63, 3.8) is 0 Å². The zero-order valence-corrected chi connectivity index (χ0v) is 11.4. The molecule has 0 saturated heterocycles. The van der Waals surface area contributed by atoms with Crippen molar-refractivity contribution in [2.45, 2.75) is 51.9 Å². The van der Waals surface area contributed by atoms with Crippen LogP contribution in [-0.2, 0) is 4.79 Å². The minimum Gasteiger partial charge on any atom is -0.326 e. The van der Waals surface area contributed by atoms with E-state index < -0.39 is 0 Å². The van der Waals surface area contributed by atoms with E-state index in [0.29, 0.717) is 5.92 Å². The van der Waals surface area contributed by atoms with Crippen molar-refractivity contribution in [1.29, 1.82) is 0 Å². The molecule has 0 radical (unpaired) electrons. The zero-order chi connectivity index (χ0) is 13.0. The molecule has 0 heterocycles. The van der Waals surface area contributed by atoms with E-state index in [2.05, 4.69) is 24.4 Å². The average molecular weight is 245 g/mol. The predicted octanol–water partition coefficient (Wildman–Crippen LogP) is 4.33. The van der Waals surface area contributed by atoms with Gasteiger partial charge in [-0.1, -0.05) is 25.5 Å². The molecule has 1 aliphatic rings. The fourth-order valence-corrected chi connectivity index (χ4v) is 2.98. The van der Waals surface area contributed by atoms with Crippen LogP contribution in [0.4, 0.5) is 5.69 Å². The van der Waals surface area contributed by atoms with E-state index in [1.54, 1.807) is 6.92 Å². The Morgan fingerprint density at radius 1 is 1.28 bits per heavy atom. The van der Waals surface area contributed by atoms with Gasteiger partial charge in [0.2, 0.25) is 5.91 Å². The van der Waals surface area contributed by atoms with Gasteiger partial charge in [-0.3, -0.25) is 4.79 Å². The molecule has 0 atom stereocenters. The second-order valence-electron chi connectivity index (χ2n) is 5.43. The summed E-state index contributed by atoms with van der Waals surface area (Å²) < 4.78 is 0. The number of benzene rings is 1. The van der Waals surface area contributed by atoms with Gasteiger partial charge in [-0.2, -0.15) is 0 Å². The van der Waals surface area contributed by atoms with E-state index in [0.717, 1.165) is 11.6 Å². The van der Waals surface area contributed by atoms with Crippen LogP contribution in [0.1, 0.15) is 57.4 Å². The number of anilines is 1. The van der Waals surface area contributed by atoms with Gasteiger partial charge in [0.25, 0.3) is 0 Å². The highest BCUT2D eigenvalue weighted by Crippen LogP contribution is 2.37. The summed E-state index contributed by atoms with van der Waals surface area (Å²) in [5.74, 6) is 1.61. The van der Waals surface area contributed by atoms with Crippen LogP contribution >= 0.6 is 0 Å². The summed E-state index contributed by atoms with van der Waals surface area (Å²) in [7, 11) is 0. The Balaban J connectivity index is 2.02. The first-order valence-electron chi connectivity index (χ1n) is 7.06. The van der Waals surface area contributed by atoms with Crippen LogP contribution < -0.4 is 5.32 Å². The van der Waals surface area contributed by atoms with Crippen molar-refractivity contribution in [2.75, 3.05) is 5.32 Å². The Bertz CT molecular complexity index is 405. The number of hydrogen-bond donors (Lipinski definition) is 1. The molecule has 1 aliphatic carbocycles. The maximum absolute atomic E-state index is 11.1. The fourth-order valence-electron chi connectivity index (χ4n) is 2.98. The van der Waals surface area contributed by atoms with Crippen molar-refractivity contribution < 1.29 is 4.79 Å². The van der Waals surface area contributed by atoms with Crippen LogP contribution in [0.3, 0.4) is 0 Å². The number of carbonyl (C=O) groups excluding carboxylic acids is 1. The van der Waals surface area contributed by atoms with E-state index in [1.807, 2.05) is 12.1 Å². The highest BCUT2D eigenvalue weighted by molar-refractivity contribution is 5.88. The molecule has 0 spiro atoms. The van der Waals surface area contributed by atoms with Crippen molar-refractivity contribution in [3.8, 4) is 0 Å². The van der Waals surface area contributed by atoms with Crippen LogP contribution in [0.5, 0.6) is 0 Å². The van der Waals surface area contributed by atoms with Crippen molar-refractivity contribution in [1.82, 2.24) is 0 Å². The van der Waals surface area contributed by atoms with Crippen LogP contribution in [-0.4, -0.2) is 5.91 Å². The molecule has 1 aromatic rings. The van der Waals surface area contributed by atoms with Gasteiger partial charge in [0.05, 0.1) is 0 Å². The molecule has 1 saturated carbocycles. The highest BCUT2D eigenvalue weighted by atomic mass is 16.1. The molecule has 1 N–H and O–H groups in total. The third-order valence-corrected chi connectivity index (χ3v) is 4.10. The summed E-state index contributed by atoms with van der Waals surface area (Å²) in [6.45, 7) is 3.85. The van der Waals surface area contributed by atoms with Crippen molar-refractivity contribution in [3.05, 3.63) is 29.8 Å². The molecule has 0 bridgehead atoms. The Morgan fingerprint density at radius 2 is 2.00 bits per heavy atom. The fraction of sp³-hybridized carbons (Fsp3) is 0.562. The van der Waals surface area contributed by atoms with E-state index >= 15 is 0 Å². The summed E-state index contributed by atoms with van der Waals surface area (Å²) in [5, 5.41) is 2.87. The minimum atomic E-state index is 0.00170. The van der Waals surface area contributed by atoms with Crippen LogP contribution in [0.25, 0.3) is 0 Å². The van der Waals surface area contributed by atoms with E-state index in [-0.39, 0.29) is 5.91 Å². The lowest BCUT2D eigenvalue weighted by atomic mass is 9.78. The van der Waals surface area contributed by atoms with Gasteiger partial charge >= 0.3 is 0 Å². The van der Waals surface area contributed by atoms with E-state index in [1.165, 1.54) is 37.7 Å². The Hall–Kier alpha value is -1.31. The smallest absolute Gasteiger partial charge is 0.221 e. The molecule has 0 aromatic heterocycles.